The predicted molar refractivity (Wildman–Crippen MR) is 65.4 cm³/mol. The fraction of sp³-hybridized carbons (Fsp3) is 0.167. The van der Waals surface area contributed by atoms with E-state index in [-0.39, 0.29) is 11.5 Å². The zero-order valence-corrected chi connectivity index (χ0v) is 10.6. The van der Waals surface area contributed by atoms with E-state index in [1.807, 2.05) is 0 Å². The van der Waals surface area contributed by atoms with Gasteiger partial charge in [-0.25, -0.2) is 14.2 Å². The van der Waals surface area contributed by atoms with Gasteiger partial charge in [-0.1, -0.05) is 0 Å². The van der Waals surface area contributed by atoms with E-state index < -0.39 is 5.97 Å². The molecule has 0 aliphatic heterocycles. The van der Waals surface area contributed by atoms with Gasteiger partial charge in [0, 0.05) is 5.38 Å². The molecule has 0 saturated carbocycles. The van der Waals surface area contributed by atoms with Gasteiger partial charge in [0.15, 0.2) is 5.69 Å². The molecule has 2 rings (SSSR count). The minimum atomic E-state index is -0.520. The van der Waals surface area contributed by atoms with Crippen molar-refractivity contribution < 1.29 is 18.7 Å². The molecule has 4 nitrogen and oxygen atoms in total. The Hall–Kier alpha value is -1.95. The Labute approximate surface area is 107 Å². The van der Waals surface area contributed by atoms with Crippen LogP contribution < -0.4 is 4.74 Å². The fourth-order valence-electron chi connectivity index (χ4n) is 1.44. The second-order valence-electron chi connectivity index (χ2n) is 3.37. The van der Waals surface area contributed by atoms with Gasteiger partial charge in [0.05, 0.1) is 19.8 Å². The fourth-order valence-corrected chi connectivity index (χ4v) is 2.25. The molecule has 0 atom stereocenters. The molecule has 0 spiro atoms. The maximum Gasteiger partial charge on any atom is 0.357 e. The minimum Gasteiger partial charge on any atom is -0.496 e. The highest BCUT2D eigenvalue weighted by Crippen LogP contribution is 2.32. The Kier molecular flexibility index (Phi) is 3.57. The molecular weight excluding hydrogens is 257 g/mol. The van der Waals surface area contributed by atoms with Crippen LogP contribution in [0.25, 0.3) is 10.6 Å². The molecule has 0 fully saturated rings. The van der Waals surface area contributed by atoms with Crippen molar-refractivity contribution in [3.63, 3.8) is 0 Å². The summed E-state index contributed by atoms with van der Waals surface area (Å²) in [5.74, 6) is -0.407. The van der Waals surface area contributed by atoms with E-state index in [0.29, 0.717) is 16.3 Å². The second kappa shape index (κ2) is 5.14. The van der Waals surface area contributed by atoms with Gasteiger partial charge in [-0.15, -0.1) is 11.3 Å². The molecule has 94 valence electrons. The summed E-state index contributed by atoms with van der Waals surface area (Å²) in [6.45, 7) is 0. The highest BCUT2D eigenvalue weighted by molar-refractivity contribution is 7.13. The van der Waals surface area contributed by atoms with E-state index in [1.165, 1.54) is 43.8 Å². The standard InChI is InChI=1S/C12H10FNO3S/c1-16-10-4-3-7(13)5-8(10)11-14-9(6-18-11)12(15)17-2/h3-6H,1-2H3. The summed E-state index contributed by atoms with van der Waals surface area (Å²) in [6, 6.07) is 4.14. The number of methoxy groups -OCH3 is 2. The first-order chi connectivity index (χ1) is 8.65. The van der Waals surface area contributed by atoms with E-state index in [0.717, 1.165) is 0 Å². The van der Waals surface area contributed by atoms with Gasteiger partial charge in [0.2, 0.25) is 0 Å². The van der Waals surface area contributed by atoms with Gasteiger partial charge in [0.1, 0.15) is 16.6 Å². The van der Waals surface area contributed by atoms with Crippen LogP contribution >= 0.6 is 11.3 Å². The second-order valence-corrected chi connectivity index (χ2v) is 4.23. The van der Waals surface area contributed by atoms with E-state index in [1.54, 1.807) is 5.38 Å². The molecule has 2 aromatic rings. The average Bonchev–Trinajstić information content (AvgIpc) is 2.87. The quantitative estimate of drug-likeness (QED) is 0.802. The summed E-state index contributed by atoms with van der Waals surface area (Å²) in [4.78, 5) is 15.4. The van der Waals surface area contributed by atoms with Crippen LogP contribution in [0.15, 0.2) is 23.6 Å². The van der Waals surface area contributed by atoms with Gasteiger partial charge in [0.25, 0.3) is 0 Å². The van der Waals surface area contributed by atoms with Crippen LogP contribution in [0.2, 0.25) is 0 Å². The van der Waals surface area contributed by atoms with Crippen molar-refractivity contribution >= 4 is 17.3 Å². The van der Waals surface area contributed by atoms with Crippen LogP contribution in [0.5, 0.6) is 5.75 Å². The summed E-state index contributed by atoms with van der Waals surface area (Å²) in [5.41, 5.74) is 0.710. The number of benzene rings is 1. The van der Waals surface area contributed by atoms with E-state index in [4.69, 9.17) is 4.74 Å². The molecule has 0 aliphatic rings. The number of carbonyl (C=O) groups excluding carboxylic acids is 1. The lowest BCUT2D eigenvalue weighted by atomic mass is 10.2. The maximum atomic E-state index is 13.2. The SMILES string of the molecule is COC(=O)c1csc(-c2cc(F)ccc2OC)n1. The van der Waals surface area contributed by atoms with Gasteiger partial charge in [-0.3, -0.25) is 0 Å². The molecule has 0 unspecified atom stereocenters. The number of thiazole rings is 1. The highest BCUT2D eigenvalue weighted by Gasteiger charge is 2.15. The Balaban J connectivity index is 2.45. The lowest BCUT2D eigenvalue weighted by Crippen LogP contribution is -2.01. The molecule has 18 heavy (non-hydrogen) atoms. The van der Waals surface area contributed by atoms with Gasteiger partial charge >= 0.3 is 5.97 Å². The Morgan fingerprint density at radius 3 is 2.83 bits per heavy atom. The van der Waals surface area contributed by atoms with Crippen molar-refractivity contribution in [2.45, 2.75) is 0 Å². The number of aromatic nitrogens is 1. The molecular formula is C12H10FNO3S. The Morgan fingerprint density at radius 1 is 1.39 bits per heavy atom. The van der Waals surface area contributed by atoms with E-state index in [9.17, 15) is 9.18 Å². The predicted octanol–water partition coefficient (Wildman–Crippen LogP) is 2.74. The first kappa shape index (κ1) is 12.5. The number of ether oxygens (including phenoxy) is 2. The van der Waals surface area contributed by atoms with E-state index >= 15 is 0 Å². The lowest BCUT2D eigenvalue weighted by Gasteiger charge is -2.05. The zero-order valence-electron chi connectivity index (χ0n) is 9.77. The third-order valence-corrected chi connectivity index (χ3v) is 3.17. The van der Waals surface area contributed by atoms with Crippen molar-refractivity contribution in [3.05, 3.63) is 35.1 Å². The number of hydrogen-bond acceptors (Lipinski definition) is 5. The van der Waals surface area contributed by atoms with Crippen LogP contribution in [0.4, 0.5) is 4.39 Å². The molecule has 0 aliphatic carbocycles. The molecule has 0 bridgehead atoms. The number of hydrogen-bond donors (Lipinski definition) is 0. The van der Waals surface area contributed by atoms with Crippen molar-refractivity contribution in [1.29, 1.82) is 0 Å². The highest BCUT2D eigenvalue weighted by atomic mass is 32.1. The Morgan fingerprint density at radius 2 is 2.17 bits per heavy atom. The van der Waals surface area contributed by atoms with Gasteiger partial charge in [-0.05, 0) is 18.2 Å². The topological polar surface area (TPSA) is 48.4 Å². The molecule has 0 saturated heterocycles. The molecule has 1 heterocycles. The van der Waals surface area contributed by atoms with Crippen molar-refractivity contribution in [2.75, 3.05) is 14.2 Å². The summed E-state index contributed by atoms with van der Waals surface area (Å²) in [7, 11) is 2.77. The number of esters is 1. The summed E-state index contributed by atoms with van der Waals surface area (Å²) in [6.07, 6.45) is 0. The summed E-state index contributed by atoms with van der Waals surface area (Å²) < 4.78 is 22.9. The van der Waals surface area contributed by atoms with E-state index in [2.05, 4.69) is 9.72 Å². The summed E-state index contributed by atoms with van der Waals surface area (Å²) >= 11 is 1.23. The smallest absolute Gasteiger partial charge is 0.357 e. The van der Waals surface area contributed by atoms with Crippen LogP contribution in [0.3, 0.4) is 0 Å². The van der Waals surface area contributed by atoms with Crippen molar-refractivity contribution in [3.8, 4) is 16.3 Å². The monoisotopic (exact) mass is 267 g/mol. The van der Waals surface area contributed by atoms with Gasteiger partial charge in [-0.2, -0.15) is 0 Å². The molecule has 0 radical (unpaired) electrons. The third-order valence-electron chi connectivity index (χ3n) is 2.29. The molecule has 1 aromatic carbocycles. The van der Waals surface area contributed by atoms with Crippen LogP contribution in [-0.2, 0) is 4.74 Å². The number of carbonyl (C=O) groups is 1. The number of rotatable bonds is 3. The number of halogens is 1. The maximum absolute atomic E-state index is 13.2. The Bertz CT molecular complexity index is 582. The lowest BCUT2D eigenvalue weighted by molar-refractivity contribution is 0.0595. The largest absolute Gasteiger partial charge is 0.496 e. The molecule has 0 amide bonds. The van der Waals surface area contributed by atoms with Crippen molar-refractivity contribution in [1.82, 2.24) is 4.98 Å². The molecule has 1 aromatic heterocycles. The first-order valence-electron chi connectivity index (χ1n) is 5.03. The van der Waals surface area contributed by atoms with Gasteiger partial charge < -0.3 is 9.47 Å². The van der Waals surface area contributed by atoms with Crippen molar-refractivity contribution in [2.24, 2.45) is 0 Å². The van der Waals surface area contributed by atoms with Crippen LogP contribution in [-0.4, -0.2) is 25.2 Å². The van der Waals surface area contributed by atoms with Crippen LogP contribution in [0, 0.1) is 5.82 Å². The zero-order chi connectivity index (χ0) is 13.1. The normalized spacial score (nSPS) is 10.2. The summed E-state index contributed by atoms with van der Waals surface area (Å²) in [5, 5.41) is 2.07. The first-order valence-corrected chi connectivity index (χ1v) is 5.91. The number of nitrogens with zero attached hydrogens (tertiary/aromatic N) is 1. The third kappa shape index (κ3) is 2.33. The average molecular weight is 267 g/mol. The van der Waals surface area contributed by atoms with Crippen LogP contribution in [0.1, 0.15) is 10.5 Å². The molecule has 0 N–H and O–H groups in total. The minimum absolute atomic E-state index is 0.198. The molecule has 6 heteroatoms.